The van der Waals surface area contributed by atoms with Gasteiger partial charge in [0.15, 0.2) is 0 Å². The minimum absolute atomic E-state index is 0.215. The van der Waals surface area contributed by atoms with Crippen LogP contribution in [0, 0.1) is 0 Å². The molecule has 1 aromatic rings. The number of aromatic nitrogens is 1. The molecule has 1 aliphatic heterocycles. The number of pyridine rings is 1. The molecule has 0 aliphatic carbocycles. The maximum atomic E-state index is 11.3. The summed E-state index contributed by atoms with van der Waals surface area (Å²) >= 11 is 0. The van der Waals surface area contributed by atoms with Gasteiger partial charge in [0.25, 0.3) is 5.91 Å². The third-order valence-corrected chi connectivity index (χ3v) is 3.70. The van der Waals surface area contributed by atoms with Gasteiger partial charge in [-0.3, -0.25) is 25.0 Å². The molecular formula is C14H23N5O2. The van der Waals surface area contributed by atoms with Gasteiger partial charge in [0.05, 0.1) is 17.9 Å². The highest BCUT2D eigenvalue weighted by Crippen LogP contribution is 2.08. The number of hydrazine groups is 1. The van der Waals surface area contributed by atoms with Gasteiger partial charge in [-0.2, -0.15) is 0 Å². The van der Waals surface area contributed by atoms with Gasteiger partial charge in [0.1, 0.15) is 0 Å². The lowest BCUT2D eigenvalue weighted by Gasteiger charge is -2.20. The van der Waals surface area contributed by atoms with E-state index in [1.54, 1.807) is 12.3 Å². The topological polar surface area (TPSA) is 94.7 Å². The summed E-state index contributed by atoms with van der Waals surface area (Å²) in [5.74, 6) is 4.76. The maximum absolute atomic E-state index is 11.3. The van der Waals surface area contributed by atoms with Crippen LogP contribution in [-0.2, 0) is 6.54 Å². The lowest BCUT2D eigenvalue weighted by atomic mass is 10.2. The molecule has 0 spiro atoms. The van der Waals surface area contributed by atoms with E-state index in [2.05, 4.69) is 20.2 Å². The van der Waals surface area contributed by atoms with Gasteiger partial charge in [0.2, 0.25) is 0 Å². The summed E-state index contributed by atoms with van der Waals surface area (Å²) in [5.41, 5.74) is 3.50. The fourth-order valence-electron chi connectivity index (χ4n) is 2.51. The molecule has 116 valence electrons. The number of carbonyl (C=O) groups is 1. The van der Waals surface area contributed by atoms with Gasteiger partial charge in [-0.15, -0.1) is 0 Å². The lowest BCUT2D eigenvalue weighted by Crippen LogP contribution is -2.32. The Morgan fingerprint density at radius 1 is 1.29 bits per heavy atom. The number of aliphatic hydroxyl groups is 1. The summed E-state index contributed by atoms with van der Waals surface area (Å²) in [6, 6.07) is 3.60. The van der Waals surface area contributed by atoms with E-state index in [4.69, 9.17) is 10.9 Å². The Bertz CT molecular complexity index is 451. The predicted molar refractivity (Wildman–Crippen MR) is 79.3 cm³/mol. The van der Waals surface area contributed by atoms with Crippen LogP contribution in [0.3, 0.4) is 0 Å². The molecule has 1 fully saturated rings. The number of nitrogen functional groups attached to an aromatic ring is 1. The molecule has 0 aromatic carbocycles. The maximum Gasteiger partial charge on any atom is 0.266 e. The average Bonchev–Trinajstić information content (AvgIpc) is 2.73. The first-order valence-corrected chi connectivity index (χ1v) is 7.24. The van der Waals surface area contributed by atoms with Crippen molar-refractivity contribution in [3.63, 3.8) is 0 Å². The Kier molecular flexibility index (Phi) is 6.06. The molecule has 4 N–H and O–H groups in total. The summed E-state index contributed by atoms with van der Waals surface area (Å²) in [5, 5.41) is 9.00. The molecule has 7 heteroatoms. The first kappa shape index (κ1) is 15.8. The van der Waals surface area contributed by atoms with E-state index in [9.17, 15) is 4.79 Å². The van der Waals surface area contributed by atoms with Gasteiger partial charge < -0.3 is 5.11 Å². The highest BCUT2D eigenvalue weighted by molar-refractivity contribution is 5.93. The van der Waals surface area contributed by atoms with E-state index >= 15 is 0 Å². The van der Waals surface area contributed by atoms with E-state index in [-0.39, 0.29) is 12.5 Å². The van der Waals surface area contributed by atoms with Crippen molar-refractivity contribution < 1.29 is 9.90 Å². The van der Waals surface area contributed by atoms with Crippen LogP contribution >= 0.6 is 0 Å². The van der Waals surface area contributed by atoms with Gasteiger partial charge in [-0.1, -0.05) is 0 Å². The number of nitrogens with two attached hydrogens (primary N) is 1. The first-order valence-electron chi connectivity index (χ1n) is 7.24. The summed E-state index contributed by atoms with van der Waals surface area (Å²) in [7, 11) is 0. The average molecular weight is 293 g/mol. The first-order chi connectivity index (χ1) is 10.2. The fourth-order valence-corrected chi connectivity index (χ4v) is 2.51. The molecule has 0 atom stereocenters. The monoisotopic (exact) mass is 293 g/mol. The minimum atomic E-state index is -0.330. The second-order valence-corrected chi connectivity index (χ2v) is 5.21. The van der Waals surface area contributed by atoms with Crippen molar-refractivity contribution >= 4 is 5.91 Å². The number of hydrogen-bond acceptors (Lipinski definition) is 6. The molecule has 2 heterocycles. The predicted octanol–water partition coefficient (Wildman–Crippen LogP) is -0.815. The molecular weight excluding hydrogens is 270 g/mol. The third kappa shape index (κ3) is 4.75. The number of nitrogens with zero attached hydrogens (tertiary/aromatic N) is 3. The summed E-state index contributed by atoms with van der Waals surface area (Å²) in [6.07, 6.45) is 2.64. The van der Waals surface area contributed by atoms with Gasteiger partial charge in [-0.25, -0.2) is 5.84 Å². The van der Waals surface area contributed by atoms with Crippen molar-refractivity contribution in [1.29, 1.82) is 0 Å². The Hall–Kier alpha value is -1.54. The SMILES string of the molecule is NNC(=O)c1ccc(CN2CCCN(CCO)CC2)nc1. The van der Waals surface area contributed by atoms with Crippen LogP contribution in [-0.4, -0.2) is 65.1 Å². The molecule has 1 aliphatic rings. The largest absolute Gasteiger partial charge is 0.395 e. The Morgan fingerprint density at radius 2 is 2.05 bits per heavy atom. The lowest BCUT2D eigenvalue weighted by molar-refractivity contribution is 0.0953. The van der Waals surface area contributed by atoms with Crippen molar-refractivity contribution in [2.45, 2.75) is 13.0 Å². The number of amides is 1. The van der Waals surface area contributed by atoms with Gasteiger partial charge in [0, 0.05) is 32.4 Å². The molecule has 7 nitrogen and oxygen atoms in total. The van der Waals surface area contributed by atoms with Crippen molar-refractivity contribution in [3.8, 4) is 0 Å². The van der Waals surface area contributed by atoms with Crippen molar-refractivity contribution in [3.05, 3.63) is 29.6 Å². The zero-order chi connectivity index (χ0) is 15.1. The van der Waals surface area contributed by atoms with Crippen LogP contribution in [0.5, 0.6) is 0 Å². The van der Waals surface area contributed by atoms with Crippen LogP contribution in [0.2, 0.25) is 0 Å². The van der Waals surface area contributed by atoms with Crippen LogP contribution in [0.4, 0.5) is 0 Å². The second-order valence-electron chi connectivity index (χ2n) is 5.21. The summed E-state index contributed by atoms with van der Waals surface area (Å²) in [4.78, 5) is 20.3. The zero-order valence-electron chi connectivity index (χ0n) is 12.2. The van der Waals surface area contributed by atoms with Crippen molar-refractivity contribution in [2.75, 3.05) is 39.3 Å². The normalized spacial score (nSPS) is 17.4. The number of rotatable bonds is 5. The number of aliphatic hydroxyl groups excluding tert-OH is 1. The quantitative estimate of drug-likeness (QED) is 0.373. The molecule has 0 saturated carbocycles. The van der Waals surface area contributed by atoms with Crippen LogP contribution in [0.1, 0.15) is 22.5 Å². The van der Waals surface area contributed by atoms with E-state index in [1.165, 1.54) is 0 Å². The van der Waals surface area contributed by atoms with Crippen LogP contribution in [0.25, 0.3) is 0 Å². The smallest absolute Gasteiger partial charge is 0.266 e. The second kappa shape index (κ2) is 8.04. The standard InChI is InChI=1S/C14H23N5O2/c15-17-14(21)12-2-3-13(16-10-12)11-19-5-1-4-18(6-7-19)8-9-20/h2-3,10,20H,1,4-9,11,15H2,(H,17,21). The molecule has 0 unspecified atom stereocenters. The molecule has 21 heavy (non-hydrogen) atoms. The van der Waals surface area contributed by atoms with Gasteiger partial charge in [-0.05, 0) is 31.6 Å². The number of carbonyl (C=O) groups excluding carboxylic acids is 1. The Balaban J connectivity index is 1.88. The molecule has 0 bridgehead atoms. The molecule has 1 amide bonds. The van der Waals surface area contributed by atoms with E-state index in [0.717, 1.165) is 51.4 Å². The fraction of sp³-hybridized carbons (Fsp3) is 0.571. The van der Waals surface area contributed by atoms with Gasteiger partial charge >= 0.3 is 0 Å². The Morgan fingerprint density at radius 3 is 2.71 bits per heavy atom. The van der Waals surface area contributed by atoms with Crippen LogP contribution < -0.4 is 11.3 Å². The number of nitrogens with one attached hydrogen (secondary N) is 1. The minimum Gasteiger partial charge on any atom is -0.395 e. The highest BCUT2D eigenvalue weighted by Gasteiger charge is 2.15. The Labute approximate surface area is 124 Å². The molecule has 0 radical (unpaired) electrons. The highest BCUT2D eigenvalue weighted by atomic mass is 16.3. The summed E-state index contributed by atoms with van der Waals surface area (Å²) in [6.45, 7) is 5.72. The number of hydrogen-bond donors (Lipinski definition) is 3. The summed E-state index contributed by atoms with van der Waals surface area (Å²) < 4.78 is 0. The third-order valence-electron chi connectivity index (χ3n) is 3.70. The zero-order valence-corrected chi connectivity index (χ0v) is 12.2. The van der Waals surface area contributed by atoms with Crippen LogP contribution in [0.15, 0.2) is 18.3 Å². The number of β-amino-alcohol motifs (C(OH)–C–C–N with tert-alkyl or cyclic N) is 1. The van der Waals surface area contributed by atoms with E-state index in [1.807, 2.05) is 6.07 Å². The molecule has 2 rings (SSSR count). The van der Waals surface area contributed by atoms with Crippen molar-refractivity contribution in [2.24, 2.45) is 5.84 Å². The van der Waals surface area contributed by atoms with E-state index < -0.39 is 0 Å². The van der Waals surface area contributed by atoms with E-state index in [0.29, 0.717) is 5.56 Å². The molecule has 1 saturated heterocycles. The van der Waals surface area contributed by atoms with Crippen molar-refractivity contribution in [1.82, 2.24) is 20.2 Å². The molecule has 1 aromatic heterocycles.